The van der Waals surface area contributed by atoms with Crippen LogP contribution < -0.4 is 5.43 Å². The van der Waals surface area contributed by atoms with Crippen molar-refractivity contribution in [3.05, 3.63) is 46.0 Å². The number of pyridine rings is 1. The molecule has 0 aliphatic carbocycles. The Balaban J connectivity index is 1.75. The number of hydrogen-bond acceptors (Lipinski definition) is 3. The molecule has 1 unspecified atom stereocenters. The van der Waals surface area contributed by atoms with Crippen LogP contribution in [0.25, 0.3) is 10.9 Å². The van der Waals surface area contributed by atoms with Crippen molar-refractivity contribution in [2.24, 2.45) is 0 Å². The highest BCUT2D eigenvalue weighted by atomic mass is 19.1. The number of H-pyrrole nitrogens is 1. The molecule has 0 spiro atoms. The molecule has 1 aliphatic rings. The topological polar surface area (TPSA) is 62.4 Å². The van der Waals surface area contributed by atoms with Crippen LogP contribution in [-0.4, -0.2) is 42.1 Å². The minimum atomic E-state index is -0.544. The van der Waals surface area contributed by atoms with Crippen LogP contribution in [0.15, 0.2) is 29.1 Å². The van der Waals surface area contributed by atoms with Crippen LogP contribution >= 0.6 is 0 Å². The highest BCUT2D eigenvalue weighted by Crippen LogP contribution is 2.17. The molecule has 1 atom stereocenters. The zero-order valence-corrected chi connectivity index (χ0v) is 13.7. The van der Waals surface area contributed by atoms with Crippen LogP contribution in [0.1, 0.15) is 36.2 Å². The number of rotatable bonds is 4. The van der Waals surface area contributed by atoms with Gasteiger partial charge in [-0.15, -0.1) is 0 Å². The second-order valence-corrected chi connectivity index (χ2v) is 6.21. The van der Waals surface area contributed by atoms with Crippen molar-refractivity contribution in [1.29, 1.82) is 0 Å². The van der Waals surface area contributed by atoms with Crippen molar-refractivity contribution in [3.63, 3.8) is 0 Å². The largest absolute Gasteiger partial charge is 0.378 e. The predicted molar refractivity (Wildman–Crippen MR) is 89.7 cm³/mol. The highest BCUT2D eigenvalue weighted by Gasteiger charge is 2.19. The van der Waals surface area contributed by atoms with Crippen LogP contribution in [0.3, 0.4) is 0 Å². The number of hydrogen-bond donors (Lipinski definition) is 1. The average molecular weight is 332 g/mol. The number of fused-ring (bicyclic) bond motifs is 1. The zero-order valence-electron chi connectivity index (χ0n) is 13.7. The van der Waals surface area contributed by atoms with Crippen molar-refractivity contribution >= 4 is 16.8 Å². The highest BCUT2D eigenvalue weighted by molar-refractivity contribution is 5.94. The van der Waals surface area contributed by atoms with E-state index in [1.165, 1.54) is 29.2 Å². The van der Waals surface area contributed by atoms with Crippen molar-refractivity contribution in [1.82, 2.24) is 9.88 Å². The Morgan fingerprint density at radius 1 is 1.42 bits per heavy atom. The third-order valence-corrected chi connectivity index (χ3v) is 4.45. The van der Waals surface area contributed by atoms with Crippen LogP contribution in [0.5, 0.6) is 0 Å². The van der Waals surface area contributed by atoms with Gasteiger partial charge in [-0.3, -0.25) is 9.59 Å². The number of para-hydroxylation sites is 1. The third kappa shape index (κ3) is 3.48. The molecule has 0 radical (unpaired) electrons. The first-order valence-electron chi connectivity index (χ1n) is 8.25. The molecule has 1 amide bonds. The van der Waals surface area contributed by atoms with E-state index in [1.54, 1.807) is 7.05 Å². The molecule has 0 bridgehead atoms. The predicted octanol–water partition coefficient (Wildman–Crippen LogP) is 2.70. The van der Waals surface area contributed by atoms with E-state index in [2.05, 4.69) is 4.98 Å². The Bertz CT molecular complexity index is 796. The van der Waals surface area contributed by atoms with Crippen molar-refractivity contribution in [2.75, 3.05) is 20.2 Å². The van der Waals surface area contributed by atoms with Crippen LogP contribution in [0.4, 0.5) is 4.39 Å². The first kappa shape index (κ1) is 16.6. The molecule has 1 aromatic heterocycles. The van der Waals surface area contributed by atoms with Gasteiger partial charge >= 0.3 is 0 Å². The fourth-order valence-electron chi connectivity index (χ4n) is 3.03. The summed E-state index contributed by atoms with van der Waals surface area (Å²) >= 11 is 0. The lowest BCUT2D eigenvalue weighted by Gasteiger charge is -2.25. The minimum Gasteiger partial charge on any atom is -0.378 e. The number of ether oxygens (including phenoxy) is 1. The molecule has 1 fully saturated rings. The van der Waals surface area contributed by atoms with E-state index in [0.717, 1.165) is 32.3 Å². The summed E-state index contributed by atoms with van der Waals surface area (Å²) < 4.78 is 19.6. The monoisotopic (exact) mass is 332 g/mol. The molecule has 1 N–H and O–H groups in total. The van der Waals surface area contributed by atoms with Crippen LogP contribution in [0, 0.1) is 5.82 Å². The lowest BCUT2D eigenvalue weighted by Crippen LogP contribution is -2.32. The normalized spacial score (nSPS) is 17.8. The van der Waals surface area contributed by atoms with Crippen molar-refractivity contribution in [2.45, 2.75) is 31.8 Å². The summed E-state index contributed by atoms with van der Waals surface area (Å²) in [6.45, 7) is 1.31. The Morgan fingerprint density at radius 3 is 3.00 bits per heavy atom. The van der Waals surface area contributed by atoms with E-state index in [0.29, 0.717) is 6.54 Å². The van der Waals surface area contributed by atoms with E-state index < -0.39 is 5.82 Å². The van der Waals surface area contributed by atoms with Crippen LogP contribution in [-0.2, 0) is 4.74 Å². The number of nitrogens with zero attached hydrogens (tertiary/aromatic N) is 1. The van der Waals surface area contributed by atoms with E-state index in [4.69, 9.17) is 4.74 Å². The average Bonchev–Trinajstić information content (AvgIpc) is 2.60. The summed E-state index contributed by atoms with van der Waals surface area (Å²) in [4.78, 5) is 28.9. The van der Waals surface area contributed by atoms with Crippen LogP contribution in [0.2, 0.25) is 0 Å². The number of halogens is 1. The number of benzene rings is 1. The second-order valence-electron chi connectivity index (χ2n) is 6.21. The maximum atomic E-state index is 13.9. The quantitative estimate of drug-likeness (QED) is 0.936. The SMILES string of the molecule is CN(CCC1CCCCO1)C(=O)c1cc(=O)c2cccc(F)c2[nH]1. The van der Waals surface area contributed by atoms with Gasteiger partial charge in [0.05, 0.1) is 11.6 Å². The standard InChI is InChI=1S/C18H21FN2O3/c1-21(9-8-12-5-2-3-10-24-12)18(23)15-11-16(22)13-6-4-7-14(19)17(13)20-15/h4,6-7,11-12H,2-3,5,8-10H2,1H3,(H,20,22). The molecule has 2 aromatic rings. The first-order chi connectivity index (χ1) is 11.6. The summed E-state index contributed by atoms with van der Waals surface area (Å²) in [5.41, 5.74) is -0.197. The molecular formula is C18H21FN2O3. The number of carbonyl (C=O) groups excluding carboxylic acids is 1. The van der Waals surface area contributed by atoms with Gasteiger partial charge in [0.25, 0.3) is 5.91 Å². The van der Waals surface area contributed by atoms with Gasteiger partial charge < -0.3 is 14.6 Å². The van der Waals surface area contributed by atoms with Crippen molar-refractivity contribution < 1.29 is 13.9 Å². The molecule has 1 aromatic carbocycles. The number of aromatic amines is 1. The summed E-state index contributed by atoms with van der Waals surface area (Å²) in [5.74, 6) is -0.870. The minimum absolute atomic E-state index is 0.0670. The molecule has 3 rings (SSSR count). The summed E-state index contributed by atoms with van der Waals surface area (Å²) in [7, 11) is 1.68. The van der Waals surface area contributed by atoms with Gasteiger partial charge in [0.2, 0.25) is 0 Å². The summed E-state index contributed by atoms with van der Waals surface area (Å²) in [6.07, 6.45) is 4.20. The maximum absolute atomic E-state index is 13.9. The van der Waals surface area contributed by atoms with Gasteiger partial charge in [0.15, 0.2) is 5.43 Å². The second kappa shape index (κ2) is 7.13. The Hall–Kier alpha value is -2.21. The molecule has 5 nitrogen and oxygen atoms in total. The fourth-order valence-corrected chi connectivity index (χ4v) is 3.03. The Labute approximate surface area is 139 Å². The first-order valence-corrected chi connectivity index (χ1v) is 8.25. The Kier molecular flexibility index (Phi) is 4.94. The van der Waals surface area contributed by atoms with E-state index in [1.807, 2.05) is 0 Å². The third-order valence-electron chi connectivity index (χ3n) is 4.45. The molecule has 1 saturated heterocycles. The molecular weight excluding hydrogens is 311 g/mol. The molecule has 128 valence electrons. The van der Waals surface area contributed by atoms with Gasteiger partial charge in [0.1, 0.15) is 11.5 Å². The number of carbonyl (C=O) groups is 1. The van der Waals surface area contributed by atoms with Gasteiger partial charge in [-0.05, 0) is 37.8 Å². The zero-order chi connectivity index (χ0) is 17.1. The number of nitrogens with one attached hydrogen (secondary N) is 1. The summed E-state index contributed by atoms with van der Waals surface area (Å²) in [6, 6.07) is 5.51. The molecule has 2 heterocycles. The fraction of sp³-hybridized carbons (Fsp3) is 0.444. The Morgan fingerprint density at radius 2 is 2.25 bits per heavy atom. The van der Waals surface area contributed by atoms with Crippen molar-refractivity contribution in [3.8, 4) is 0 Å². The number of amides is 1. The smallest absolute Gasteiger partial charge is 0.270 e. The van der Waals surface area contributed by atoms with E-state index in [-0.39, 0.29) is 34.0 Å². The number of aromatic nitrogens is 1. The molecule has 0 saturated carbocycles. The maximum Gasteiger partial charge on any atom is 0.270 e. The lowest BCUT2D eigenvalue weighted by molar-refractivity contribution is 0.00705. The van der Waals surface area contributed by atoms with E-state index >= 15 is 0 Å². The van der Waals surface area contributed by atoms with Gasteiger partial charge in [0, 0.05) is 31.7 Å². The molecule has 1 aliphatic heterocycles. The summed E-state index contributed by atoms with van der Waals surface area (Å²) in [5, 5.41) is 0.241. The van der Waals surface area contributed by atoms with Gasteiger partial charge in [-0.25, -0.2) is 4.39 Å². The molecule has 24 heavy (non-hydrogen) atoms. The van der Waals surface area contributed by atoms with E-state index in [9.17, 15) is 14.0 Å². The van der Waals surface area contributed by atoms with Gasteiger partial charge in [-0.1, -0.05) is 6.07 Å². The van der Waals surface area contributed by atoms with Gasteiger partial charge in [-0.2, -0.15) is 0 Å². The molecule has 6 heteroatoms. The lowest BCUT2D eigenvalue weighted by atomic mass is 10.1.